The number of hydrogen-bond donors (Lipinski definition) is 3. The number of hydrogen-bond acceptors (Lipinski definition) is 4. The topological polar surface area (TPSA) is 81.0 Å². The Morgan fingerprint density at radius 1 is 1.13 bits per heavy atom. The monoisotopic (exact) mass is 471 g/mol. The molecule has 30 heavy (non-hydrogen) atoms. The number of benzene rings is 2. The number of carboxylic acids is 1. The van der Waals surface area contributed by atoms with Crippen molar-refractivity contribution in [3.63, 3.8) is 0 Å². The Bertz CT molecular complexity index is 908. The zero-order chi connectivity index (χ0) is 22.1. The van der Waals surface area contributed by atoms with Crippen LogP contribution < -0.4 is 0 Å². The lowest BCUT2D eigenvalue weighted by Crippen LogP contribution is -2.52. The maximum absolute atomic E-state index is 11.6. The Balaban J connectivity index is 2.20. The second-order valence-corrected chi connectivity index (χ2v) is 11.4. The quantitative estimate of drug-likeness (QED) is 0.429. The predicted molar refractivity (Wildman–Crippen MR) is 124 cm³/mol. The minimum Gasteiger partial charge on any atom is -0.481 e. The molecular weight excluding hydrogens is 445 g/mol. The third-order valence-corrected chi connectivity index (χ3v) is 8.97. The first-order valence-corrected chi connectivity index (χ1v) is 12.1. The molecule has 2 aromatic rings. The summed E-state index contributed by atoms with van der Waals surface area (Å²) in [6.45, 7) is 4.04. The van der Waals surface area contributed by atoms with E-state index in [-0.39, 0.29) is 18.4 Å². The van der Waals surface area contributed by atoms with Crippen LogP contribution in [0.5, 0.6) is 0 Å². The molecule has 0 radical (unpaired) electrons. The molecule has 0 aliphatic carbocycles. The normalized spacial score (nSPS) is 27.5. The Morgan fingerprint density at radius 3 is 2.37 bits per heavy atom. The molecule has 0 unspecified atom stereocenters. The van der Waals surface area contributed by atoms with E-state index in [1.54, 1.807) is 29.4 Å². The second kappa shape index (κ2) is 9.07. The van der Waals surface area contributed by atoms with Crippen LogP contribution in [0.3, 0.4) is 0 Å². The van der Waals surface area contributed by atoms with Crippen LogP contribution >= 0.6 is 34.0 Å². The highest BCUT2D eigenvalue weighted by Gasteiger charge is 2.54. The molecule has 3 atom stereocenters. The van der Waals surface area contributed by atoms with Crippen LogP contribution in [0.25, 0.3) is 0 Å². The summed E-state index contributed by atoms with van der Waals surface area (Å²) in [5, 5.41) is 10.7. The third kappa shape index (κ3) is 4.49. The summed E-state index contributed by atoms with van der Waals surface area (Å²) in [4.78, 5) is 11.6. The van der Waals surface area contributed by atoms with Gasteiger partial charge in [0.15, 0.2) is 0 Å². The van der Waals surface area contributed by atoms with Gasteiger partial charge in [-0.1, -0.05) is 54.4 Å². The van der Waals surface area contributed by atoms with Gasteiger partial charge < -0.3 is 5.11 Å². The smallest absolute Gasteiger partial charge is 0.305 e. The average molecular weight is 472 g/mol. The summed E-state index contributed by atoms with van der Waals surface area (Å²) in [7, 11) is -3.39. The highest BCUT2D eigenvalue weighted by atomic mass is 35.5. The van der Waals surface area contributed by atoms with Crippen molar-refractivity contribution in [3.05, 3.63) is 69.7 Å². The van der Waals surface area contributed by atoms with Crippen molar-refractivity contribution in [2.24, 2.45) is 0 Å². The Morgan fingerprint density at radius 2 is 1.80 bits per heavy atom. The molecule has 0 spiro atoms. The fourth-order valence-corrected chi connectivity index (χ4v) is 7.04. The molecule has 1 saturated heterocycles. The third-order valence-electron chi connectivity index (χ3n) is 5.79. The van der Waals surface area contributed by atoms with Gasteiger partial charge in [0.05, 0.1) is 17.2 Å². The lowest BCUT2D eigenvalue weighted by atomic mass is 9.79. The van der Waals surface area contributed by atoms with Crippen molar-refractivity contribution < 1.29 is 19.0 Å². The Kier molecular flexibility index (Phi) is 7.07. The second-order valence-electron chi connectivity index (χ2n) is 8.04. The standard InChI is InChI=1S/C22H27Cl2NO4S/c1-3-11-25-21(15-7-9-17(23)10-8-15)19(16-5-4-6-18(24)12-16)13-22(2,14-20(26)27)30(25,28)29/h4-10,12,19,21,28-29H,3,11,13-14H2,1-2H3,(H,26,27)/t19-,21-,22-/m1/s1. The van der Waals surface area contributed by atoms with Crippen molar-refractivity contribution in [3.8, 4) is 0 Å². The van der Waals surface area contributed by atoms with Crippen molar-refractivity contribution in [1.82, 2.24) is 4.31 Å². The van der Waals surface area contributed by atoms with Gasteiger partial charge >= 0.3 is 5.97 Å². The summed E-state index contributed by atoms with van der Waals surface area (Å²) < 4.78 is 23.3. The van der Waals surface area contributed by atoms with Crippen LogP contribution in [0, 0.1) is 0 Å². The molecule has 1 fully saturated rings. The van der Waals surface area contributed by atoms with Crippen LogP contribution in [-0.4, -0.2) is 35.8 Å². The fourth-order valence-electron chi connectivity index (χ4n) is 4.40. The molecule has 164 valence electrons. The summed E-state index contributed by atoms with van der Waals surface area (Å²) in [5.74, 6) is -1.23. The summed E-state index contributed by atoms with van der Waals surface area (Å²) in [6, 6.07) is 14.5. The lowest BCUT2D eigenvalue weighted by molar-refractivity contribution is -0.137. The number of nitrogens with zero attached hydrogens (tertiary/aromatic N) is 1. The van der Waals surface area contributed by atoms with Gasteiger partial charge in [-0.25, -0.2) is 0 Å². The lowest BCUT2D eigenvalue weighted by Gasteiger charge is -2.62. The molecule has 0 saturated carbocycles. The molecule has 3 rings (SSSR count). The molecule has 1 aliphatic heterocycles. The maximum Gasteiger partial charge on any atom is 0.305 e. The van der Waals surface area contributed by atoms with E-state index in [0.29, 0.717) is 29.4 Å². The SMILES string of the molecule is CCCN1[C@H](c2ccc(Cl)cc2)[C@@H](c2cccc(Cl)c2)C[C@](C)(CC(=O)O)S1(O)O. The zero-order valence-electron chi connectivity index (χ0n) is 17.0. The molecule has 0 aromatic heterocycles. The zero-order valence-corrected chi connectivity index (χ0v) is 19.3. The Labute approximate surface area is 189 Å². The molecule has 5 nitrogen and oxygen atoms in total. The van der Waals surface area contributed by atoms with Crippen molar-refractivity contribution >= 4 is 39.9 Å². The van der Waals surface area contributed by atoms with Gasteiger partial charge in [-0.15, -0.1) is 10.8 Å². The van der Waals surface area contributed by atoms with Gasteiger partial charge in [0.2, 0.25) is 0 Å². The fraction of sp³-hybridized carbons (Fsp3) is 0.409. The van der Waals surface area contributed by atoms with E-state index >= 15 is 0 Å². The van der Waals surface area contributed by atoms with E-state index in [1.807, 2.05) is 37.3 Å². The summed E-state index contributed by atoms with van der Waals surface area (Å²) >= 11 is 12.4. The van der Waals surface area contributed by atoms with Gasteiger partial charge in [0.1, 0.15) is 0 Å². The Hall–Kier alpha value is -1.28. The first kappa shape index (κ1) is 23.4. The van der Waals surface area contributed by atoms with E-state index in [1.165, 1.54) is 0 Å². The predicted octanol–water partition coefficient (Wildman–Crippen LogP) is 6.83. The number of halogens is 2. The van der Waals surface area contributed by atoms with Crippen LogP contribution in [0.1, 0.15) is 56.2 Å². The highest BCUT2D eigenvalue weighted by molar-refractivity contribution is 8.23. The maximum atomic E-state index is 11.6. The molecule has 8 heteroatoms. The van der Waals surface area contributed by atoms with Gasteiger partial charge in [0.25, 0.3) is 0 Å². The van der Waals surface area contributed by atoms with Gasteiger partial charge in [-0.2, -0.15) is 4.31 Å². The number of aliphatic carboxylic acids is 1. The summed E-state index contributed by atoms with van der Waals surface area (Å²) in [5.41, 5.74) is 1.84. The average Bonchev–Trinajstić information content (AvgIpc) is 2.66. The van der Waals surface area contributed by atoms with Crippen molar-refractivity contribution in [2.75, 3.05) is 6.54 Å². The van der Waals surface area contributed by atoms with E-state index in [0.717, 1.165) is 11.1 Å². The largest absolute Gasteiger partial charge is 0.481 e. The number of rotatable bonds is 6. The minimum atomic E-state index is -3.39. The van der Waals surface area contributed by atoms with Gasteiger partial charge in [-0.05, 0) is 55.2 Å². The van der Waals surface area contributed by atoms with E-state index in [4.69, 9.17) is 23.2 Å². The molecule has 0 amide bonds. The molecule has 0 bridgehead atoms. The van der Waals surface area contributed by atoms with Crippen LogP contribution in [0.15, 0.2) is 48.5 Å². The molecule has 1 aliphatic rings. The minimum absolute atomic E-state index is 0.180. The molecule has 2 aromatic carbocycles. The van der Waals surface area contributed by atoms with Crippen molar-refractivity contribution in [2.45, 2.75) is 49.8 Å². The van der Waals surface area contributed by atoms with Crippen LogP contribution in [0.4, 0.5) is 0 Å². The summed E-state index contributed by atoms with van der Waals surface area (Å²) in [6.07, 6.45) is 0.654. The van der Waals surface area contributed by atoms with Crippen LogP contribution in [-0.2, 0) is 4.79 Å². The van der Waals surface area contributed by atoms with E-state index in [9.17, 15) is 19.0 Å². The van der Waals surface area contributed by atoms with Crippen LogP contribution in [0.2, 0.25) is 10.0 Å². The first-order chi connectivity index (χ1) is 14.1. The molecule has 3 N–H and O–H groups in total. The number of carboxylic acid groups (broad SMARTS) is 1. The van der Waals surface area contributed by atoms with Crippen molar-refractivity contribution in [1.29, 1.82) is 0 Å². The van der Waals surface area contributed by atoms with Gasteiger partial charge in [0, 0.05) is 22.5 Å². The number of carbonyl (C=O) groups is 1. The van der Waals surface area contributed by atoms with E-state index < -0.39 is 21.5 Å². The highest BCUT2D eigenvalue weighted by Crippen LogP contribution is 2.68. The van der Waals surface area contributed by atoms with E-state index in [2.05, 4.69) is 0 Å². The van der Waals surface area contributed by atoms with Gasteiger partial charge in [-0.3, -0.25) is 13.9 Å². The first-order valence-electron chi connectivity index (χ1n) is 9.86. The molecular formula is C22H27Cl2NO4S. The molecule has 1 heterocycles.